The number of benzene rings is 1. The number of H-pyrrole nitrogens is 1. The fourth-order valence-corrected chi connectivity index (χ4v) is 3.82. The van der Waals surface area contributed by atoms with Crippen LogP contribution in [0.15, 0.2) is 18.3 Å². The summed E-state index contributed by atoms with van der Waals surface area (Å²) in [4.78, 5) is 16.0. The van der Waals surface area contributed by atoms with Gasteiger partial charge in [0.05, 0.1) is 0 Å². The highest BCUT2D eigenvalue weighted by Crippen LogP contribution is 2.29. The summed E-state index contributed by atoms with van der Waals surface area (Å²) in [6.45, 7) is 4.20. The lowest BCUT2D eigenvalue weighted by Gasteiger charge is -2.12. The number of carbonyl (C=O) groups excluding carboxylic acids is 1. The number of ketones is 1. The summed E-state index contributed by atoms with van der Waals surface area (Å²) in [7, 11) is 0. The number of aromatic nitrogens is 1. The zero-order valence-electron chi connectivity index (χ0n) is 13.2. The fourth-order valence-electron chi connectivity index (χ4n) is 3.82. The topological polar surface area (TPSA) is 32.9 Å². The van der Waals surface area contributed by atoms with Gasteiger partial charge >= 0.3 is 0 Å². The van der Waals surface area contributed by atoms with Crippen molar-refractivity contribution < 1.29 is 4.79 Å². The van der Waals surface area contributed by atoms with Gasteiger partial charge in [-0.25, -0.2) is 0 Å². The molecule has 0 bridgehead atoms. The van der Waals surface area contributed by atoms with Crippen LogP contribution in [0.25, 0.3) is 10.9 Å². The van der Waals surface area contributed by atoms with Crippen molar-refractivity contribution in [2.24, 2.45) is 5.92 Å². The van der Waals surface area contributed by atoms with Crippen molar-refractivity contribution in [3.05, 3.63) is 35.0 Å². The van der Waals surface area contributed by atoms with Crippen molar-refractivity contribution in [2.75, 3.05) is 0 Å². The maximum absolute atomic E-state index is 12.7. The smallest absolute Gasteiger partial charge is 0.165 e. The van der Waals surface area contributed by atoms with E-state index in [0.29, 0.717) is 11.7 Å². The normalized spacial score (nSPS) is 17.0. The molecule has 0 amide bonds. The lowest BCUT2D eigenvalue weighted by Crippen LogP contribution is -2.08. The summed E-state index contributed by atoms with van der Waals surface area (Å²) in [5, 5.41) is 1.12. The van der Waals surface area contributed by atoms with E-state index in [1.807, 2.05) is 6.20 Å². The molecule has 2 heteroatoms. The molecule has 21 heavy (non-hydrogen) atoms. The van der Waals surface area contributed by atoms with Crippen molar-refractivity contribution in [3.63, 3.8) is 0 Å². The molecule has 0 unspecified atom stereocenters. The Morgan fingerprint density at radius 2 is 1.86 bits per heavy atom. The highest BCUT2D eigenvalue weighted by atomic mass is 16.1. The molecule has 0 atom stereocenters. The van der Waals surface area contributed by atoms with E-state index < -0.39 is 0 Å². The minimum absolute atomic E-state index is 0.320. The Morgan fingerprint density at radius 3 is 2.57 bits per heavy atom. The first-order chi connectivity index (χ1) is 10.1. The van der Waals surface area contributed by atoms with E-state index in [9.17, 15) is 4.79 Å². The number of aromatic amines is 1. The molecule has 2 aromatic rings. The highest BCUT2D eigenvalue weighted by molar-refractivity contribution is 6.09. The van der Waals surface area contributed by atoms with E-state index in [0.717, 1.165) is 22.9 Å². The van der Waals surface area contributed by atoms with Gasteiger partial charge in [0.25, 0.3) is 0 Å². The fraction of sp³-hybridized carbons (Fsp3) is 0.526. The van der Waals surface area contributed by atoms with E-state index >= 15 is 0 Å². The Hall–Kier alpha value is -1.57. The van der Waals surface area contributed by atoms with Crippen LogP contribution in [0.2, 0.25) is 0 Å². The zero-order valence-corrected chi connectivity index (χ0v) is 13.2. The Morgan fingerprint density at radius 1 is 1.14 bits per heavy atom. The molecule has 1 aliphatic rings. The number of rotatable bonds is 3. The molecule has 0 saturated heterocycles. The quantitative estimate of drug-likeness (QED) is 0.599. The first-order valence-corrected chi connectivity index (χ1v) is 8.26. The van der Waals surface area contributed by atoms with Crippen molar-refractivity contribution in [1.29, 1.82) is 0 Å². The molecule has 0 aliphatic heterocycles. The summed E-state index contributed by atoms with van der Waals surface area (Å²) in [6.07, 6.45) is 10.4. The molecule has 3 rings (SSSR count). The Bertz CT molecular complexity index is 645. The van der Waals surface area contributed by atoms with Crippen molar-refractivity contribution in [1.82, 2.24) is 4.98 Å². The molecular formula is C19H25NO. The van der Waals surface area contributed by atoms with Crippen molar-refractivity contribution in [3.8, 4) is 0 Å². The third-order valence-corrected chi connectivity index (χ3v) is 4.87. The van der Waals surface area contributed by atoms with Crippen LogP contribution in [0.3, 0.4) is 0 Å². The van der Waals surface area contributed by atoms with Gasteiger partial charge in [-0.15, -0.1) is 0 Å². The van der Waals surface area contributed by atoms with Gasteiger partial charge in [-0.3, -0.25) is 4.79 Å². The van der Waals surface area contributed by atoms with E-state index in [2.05, 4.69) is 31.0 Å². The molecule has 1 aliphatic carbocycles. The zero-order chi connectivity index (χ0) is 14.8. The van der Waals surface area contributed by atoms with Crippen LogP contribution in [-0.4, -0.2) is 10.8 Å². The number of hydrogen-bond donors (Lipinski definition) is 1. The average Bonchev–Trinajstić information content (AvgIpc) is 2.69. The van der Waals surface area contributed by atoms with Gasteiger partial charge in [-0.1, -0.05) is 44.6 Å². The van der Waals surface area contributed by atoms with E-state index in [-0.39, 0.29) is 0 Å². The Labute approximate surface area is 126 Å². The standard InChI is InChI=1S/C19H25NO/c1-13-9-14(2)19-16(12-20-17(19)10-13)18(21)11-15-7-5-3-4-6-8-15/h9-10,12,15,20H,3-8,11H2,1-2H3. The van der Waals surface area contributed by atoms with Crippen molar-refractivity contribution >= 4 is 16.7 Å². The maximum atomic E-state index is 12.7. The minimum atomic E-state index is 0.320. The van der Waals surface area contributed by atoms with E-state index in [1.165, 1.54) is 49.7 Å². The molecule has 112 valence electrons. The van der Waals surface area contributed by atoms with E-state index in [4.69, 9.17) is 0 Å². The highest BCUT2D eigenvalue weighted by Gasteiger charge is 2.20. The summed E-state index contributed by atoms with van der Waals surface area (Å²) in [5.41, 5.74) is 4.43. The summed E-state index contributed by atoms with van der Waals surface area (Å²) in [5.74, 6) is 0.913. The lowest BCUT2D eigenvalue weighted by molar-refractivity contribution is 0.0958. The summed E-state index contributed by atoms with van der Waals surface area (Å²) < 4.78 is 0. The van der Waals surface area contributed by atoms with Gasteiger partial charge in [0.15, 0.2) is 5.78 Å². The van der Waals surface area contributed by atoms with Gasteiger partial charge in [-0.05, 0) is 37.0 Å². The second kappa shape index (κ2) is 6.05. The van der Waals surface area contributed by atoms with Crippen LogP contribution in [0.4, 0.5) is 0 Å². The predicted octanol–water partition coefficient (Wildman–Crippen LogP) is 5.33. The minimum Gasteiger partial charge on any atom is -0.360 e. The molecule has 0 radical (unpaired) electrons. The molecule has 1 saturated carbocycles. The van der Waals surface area contributed by atoms with Gasteiger partial charge in [-0.2, -0.15) is 0 Å². The molecular weight excluding hydrogens is 258 g/mol. The SMILES string of the molecule is Cc1cc(C)c2c(C(=O)CC3CCCCCC3)c[nH]c2c1. The molecule has 1 aromatic carbocycles. The predicted molar refractivity (Wildman–Crippen MR) is 87.9 cm³/mol. The van der Waals surface area contributed by atoms with Crippen LogP contribution >= 0.6 is 0 Å². The Kier molecular flexibility index (Phi) is 4.14. The molecule has 2 nitrogen and oxygen atoms in total. The van der Waals surface area contributed by atoms with Gasteiger partial charge < -0.3 is 4.98 Å². The van der Waals surface area contributed by atoms with E-state index in [1.54, 1.807) is 0 Å². The molecule has 1 aromatic heterocycles. The van der Waals surface area contributed by atoms with Crippen LogP contribution in [-0.2, 0) is 0 Å². The average molecular weight is 283 g/mol. The lowest BCUT2D eigenvalue weighted by atomic mass is 9.91. The second-order valence-corrected chi connectivity index (χ2v) is 6.69. The number of carbonyl (C=O) groups is 1. The molecule has 0 spiro atoms. The van der Waals surface area contributed by atoms with Crippen LogP contribution in [0.5, 0.6) is 0 Å². The second-order valence-electron chi connectivity index (χ2n) is 6.69. The van der Waals surface area contributed by atoms with Crippen LogP contribution in [0, 0.1) is 19.8 Å². The number of aryl methyl sites for hydroxylation is 2. The number of Topliss-reactive ketones (excluding diaryl/α,β-unsaturated/α-hetero) is 1. The van der Waals surface area contributed by atoms with Crippen LogP contribution < -0.4 is 0 Å². The molecule has 1 fully saturated rings. The first kappa shape index (κ1) is 14.4. The largest absolute Gasteiger partial charge is 0.360 e. The number of nitrogens with one attached hydrogen (secondary N) is 1. The third kappa shape index (κ3) is 3.04. The summed E-state index contributed by atoms with van der Waals surface area (Å²) >= 11 is 0. The summed E-state index contributed by atoms with van der Waals surface area (Å²) in [6, 6.07) is 4.30. The number of hydrogen-bond acceptors (Lipinski definition) is 1. The van der Waals surface area contributed by atoms with Gasteiger partial charge in [0.1, 0.15) is 0 Å². The van der Waals surface area contributed by atoms with Crippen molar-refractivity contribution in [2.45, 2.75) is 58.8 Å². The monoisotopic (exact) mass is 283 g/mol. The van der Waals surface area contributed by atoms with Gasteiger partial charge in [0, 0.05) is 29.1 Å². The molecule has 1 N–H and O–H groups in total. The third-order valence-electron chi connectivity index (χ3n) is 4.87. The Balaban J connectivity index is 1.84. The first-order valence-electron chi connectivity index (χ1n) is 8.26. The number of fused-ring (bicyclic) bond motifs is 1. The maximum Gasteiger partial charge on any atom is 0.165 e. The van der Waals surface area contributed by atoms with Gasteiger partial charge in [0.2, 0.25) is 0 Å². The van der Waals surface area contributed by atoms with Crippen LogP contribution in [0.1, 0.15) is 66.4 Å². The molecule has 1 heterocycles.